The van der Waals surface area contributed by atoms with E-state index < -0.39 is 17.0 Å². The number of amides is 1. The van der Waals surface area contributed by atoms with Crippen molar-refractivity contribution >= 4 is 23.4 Å². The summed E-state index contributed by atoms with van der Waals surface area (Å²) in [5.74, 6) is -0.338. The van der Waals surface area contributed by atoms with E-state index in [9.17, 15) is 18.0 Å². The molecule has 3 rings (SSSR count). The first kappa shape index (κ1) is 15.9. The highest BCUT2D eigenvalue weighted by atomic mass is 32.2. The van der Waals surface area contributed by atoms with Crippen molar-refractivity contribution in [2.75, 3.05) is 11.4 Å². The quantitative estimate of drug-likeness (QED) is 0.861. The molecular formula is C14H13F3N4OS. The largest absolute Gasteiger partial charge is 0.418 e. The Morgan fingerprint density at radius 2 is 2.04 bits per heavy atom. The second kappa shape index (κ2) is 5.88. The summed E-state index contributed by atoms with van der Waals surface area (Å²) in [6.45, 7) is 0.251. The normalized spacial score (nSPS) is 18.7. The molecule has 0 unspecified atom stereocenters. The fourth-order valence-corrected chi connectivity index (χ4v) is 3.48. The third kappa shape index (κ3) is 3.05. The maximum absolute atomic E-state index is 13.1. The number of benzene rings is 1. The molecule has 1 fully saturated rings. The van der Waals surface area contributed by atoms with Gasteiger partial charge >= 0.3 is 6.18 Å². The lowest BCUT2D eigenvalue weighted by atomic mass is 10.1. The van der Waals surface area contributed by atoms with E-state index in [2.05, 4.69) is 10.1 Å². The summed E-state index contributed by atoms with van der Waals surface area (Å²) in [6.07, 6.45) is -2.66. The summed E-state index contributed by atoms with van der Waals surface area (Å²) in [5, 5.41) is 4.02. The molecule has 5 nitrogen and oxygen atoms in total. The Kier molecular flexibility index (Phi) is 4.05. The van der Waals surface area contributed by atoms with E-state index >= 15 is 0 Å². The average Bonchev–Trinajstić information content (AvgIpc) is 3.06. The molecule has 1 aliphatic heterocycles. The molecule has 0 aliphatic carbocycles. The zero-order valence-corrected chi connectivity index (χ0v) is 12.9. The Labute approximate surface area is 134 Å². The van der Waals surface area contributed by atoms with Crippen molar-refractivity contribution in [3.63, 3.8) is 0 Å². The van der Waals surface area contributed by atoms with Gasteiger partial charge in [-0.3, -0.25) is 4.79 Å². The average molecular weight is 342 g/mol. The van der Waals surface area contributed by atoms with Gasteiger partial charge in [-0.1, -0.05) is 23.9 Å². The molecule has 23 heavy (non-hydrogen) atoms. The van der Waals surface area contributed by atoms with Gasteiger partial charge in [0, 0.05) is 13.6 Å². The van der Waals surface area contributed by atoms with Gasteiger partial charge in [0.15, 0.2) is 5.16 Å². The number of para-hydroxylation sites is 1. The molecule has 0 bridgehead atoms. The minimum atomic E-state index is -4.49. The summed E-state index contributed by atoms with van der Waals surface area (Å²) in [6, 6.07) is 5.14. The number of anilines is 1. The topological polar surface area (TPSA) is 51.0 Å². The van der Waals surface area contributed by atoms with Crippen LogP contribution in [-0.2, 0) is 18.0 Å². The second-order valence-corrected chi connectivity index (χ2v) is 6.24. The van der Waals surface area contributed by atoms with Gasteiger partial charge in [-0.25, -0.2) is 9.67 Å². The number of hydrogen-bond acceptors (Lipinski definition) is 4. The van der Waals surface area contributed by atoms with E-state index in [1.165, 1.54) is 45.9 Å². The van der Waals surface area contributed by atoms with Crippen LogP contribution in [0.2, 0.25) is 0 Å². The number of aromatic nitrogens is 3. The van der Waals surface area contributed by atoms with Crippen LogP contribution in [-0.4, -0.2) is 32.5 Å². The third-order valence-electron chi connectivity index (χ3n) is 3.57. The Balaban J connectivity index is 1.84. The minimum absolute atomic E-state index is 0.0916. The Morgan fingerprint density at radius 1 is 1.30 bits per heavy atom. The number of carbonyl (C=O) groups is 1. The summed E-state index contributed by atoms with van der Waals surface area (Å²) < 4.78 is 40.9. The van der Waals surface area contributed by atoms with Gasteiger partial charge in [0.05, 0.1) is 16.5 Å². The first-order chi connectivity index (χ1) is 10.9. The van der Waals surface area contributed by atoms with Crippen LogP contribution in [0.1, 0.15) is 12.0 Å². The van der Waals surface area contributed by atoms with Crippen molar-refractivity contribution in [3.05, 3.63) is 36.2 Å². The first-order valence-corrected chi connectivity index (χ1v) is 7.74. The number of nitrogens with zero attached hydrogens (tertiary/aromatic N) is 4. The van der Waals surface area contributed by atoms with E-state index in [0.717, 1.165) is 6.07 Å². The monoisotopic (exact) mass is 342 g/mol. The van der Waals surface area contributed by atoms with Gasteiger partial charge in [-0.2, -0.15) is 18.3 Å². The Morgan fingerprint density at radius 3 is 2.70 bits per heavy atom. The number of halogens is 3. The van der Waals surface area contributed by atoms with E-state index in [4.69, 9.17) is 0 Å². The lowest BCUT2D eigenvalue weighted by Gasteiger charge is -2.21. The standard InChI is InChI=1S/C14H13F3N4OS/c1-20-13(18-8-19-20)23-11-6-7-21(12(11)22)10-5-3-2-4-9(10)14(15,16)17/h2-5,8,11H,6-7H2,1H3/t11-/m1/s1. The van der Waals surface area contributed by atoms with Gasteiger partial charge in [0.2, 0.25) is 5.91 Å². The predicted molar refractivity (Wildman–Crippen MR) is 79.1 cm³/mol. The van der Waals surface area contributed by atoms with Gasteiger partial charge in [-0.05, 0) is 18.6 Å². The van der Waals surface area contributed by atoms with Crippen LogP contribution in [0.25, 0.3) is 0 Å². The van der Waals surface area contributed by atoms with Crippen LogP contribution in [0.4, 0.5) is 18.9 Å². The smallest absolute Gasteiger partial charge is 0.311 e. The van der Waals surface area contributed by atoms with Crippen molar-refractivity contribution in [1.82, 2.24) is 14.8 Å². The van der Waals surface area contributed by atoms with Crippen molar-refractivity contribution in [2.45, 2.75) is 23.0 Å². The summed E-state index contributed by atoms with van der Waals surface area (Å²) >= 11 is 1.22. The molecule has 122 valence electrons. The highest BCUT2D eigenvalue weighted by molar-refractivity contribution is 8.00. The van der Waals surface area contributed by atoms with E-state index in [1.54, 1.807) is 7.05 Å². The number of thioether (sulfide) groups is 1. The predicted octanol–water partition coefficient (Wildman–Crippen LogP) is 2.73. The highest BCUT2D eigenvalue weighted by Gasteiger charge is 2.40. The lowest BCUT2D eigenvalue weighted by molar-refractivity contribution is -0.137. The Hall–Kier alpha value is -2.03. The molecule has 1 atom stereocenters. The van der Waals surface area contributed by atoms with Crippen LogP contribution in [0.5, 0.6) is 0 Å². The van der Waals surface area contributed by atoms with Crippen LogP contribution >= 0.6 is 11.8 Å². The van der Waals surface area contributed by atoms with Crippen molar-refractivity contribution in [1.29, 1.82) is 0 Å². The molecule has 1 aromatic carbocycles. The maximum atomic E-state index is 13.1. The van der Waals surface area contributed by atoms with E-state index in [-0.39, 0.29) is 18.1 Å². The van der Waals surface area contributed by atoms with Gasteiger partial charge in [0.1, 0.15) is 6.33 Å². The van der Waals surface area contributed by atoms with Crippen LogP contribution in [0.3, 0.4) is 0 Å². The molecule has 9 heteroatoms. The van der Waals surface area contributed by atoms with Crippen molar-refractivity contribution in [3.8, 4) is 0 Å². The molecular weight excluding hydrogens is 329 g/mol. The summed E-state index contributed by atoms with van der Waals surface area (Å²) in [4.78, 5) is 17.7. The van der Waals surface area contributed by atoms with Crippen LogP contribution < -0.4 is 4.90 Å². The zero-order chi connectivity index (χ0) is 16.6. The molecule has 0 N–H and O–H groups in total. The number of rotatable bonds is 3. The lowest BCUT2D eigenvalue weighted by Crippen LogP contribution is -2.30. The Bertz CT molecular complexity index is 731. The maximum Gasteiger partial charge on any atom is 0.418 e. The molecule has 1 saturated heterocycles. The molecule has 2 aromatic rings. The third-order valence-corrected chi connectivity index (χ3v) is 4.88. The number of hydrogen-bond donors (Lipinski definition) is 0. The van der Waals surface area contributed by atoms with Gasteiger partial charge in [-0.15, -0.1) is 0 Å². The molecule has 0 radical (unpaired) electrons. The van der Waals surface area contributed by atoms with Crippen LogP contribution in [0, 0.1) is 0 Å². The molecule has 1 amide bonds. The highest BCUT2D eigenvalue weighted by Crippen LogP contribution is 2.39. The van der Waals surface area contributed by atoms with E-state index in [1.807, 2.05) is 0 Å². The van der Waals surface area contributed by atoms with Gasteiger partial charge < -0.3 is 4.90 Å². The molecule has 2 heterocycles. The van der Waals surface area contributed by atoms with E-state index in [0.29, 0.717) is 11.6 Å². The zero-order valence-electron chi connectivity index (χ0n) is 12.1. The van der Waals surface area contributed by atoms with Crippen molar-refractivity contribution < 1.29 is 18.0 Å². The molecule has 0 spiro atoms. The first-order valence-electron chi connectivity index (χ1n) is 6.86. The van der Waals surface area contributed by atoms with Gasteiger partial charge in [0.25, 0.3) is 0 Å². The molecule has 0 saturated carbocycles. The fraction of sp³-hybridized carbons (Fsp3) is 0.357. The molecule has 1 aromatic heterocycles. The number of alkyl halides is 3. The van der Waals surface area contributed by atoms with Crippen LogP contribution in [0.15, 0.2) is 35.7 Å². The summed E-state index contributed by atoms with van der Waals surface area (Å²) in [7, 11) is 1.70. The number of carbonyl (C=O) groups excluding carboxylic acids is 1. The fourth-order valence-electron chi connectivity index (χ4n) is 2.47. The SMILES string of the molecule is Cn1ncnc1S[C@@H]1CCN(c2ccccc2C(F)(F)F)C1=O. The summed E-state index contributed by atoms with van der Waals surface area (Å²) in [5.41, 5.74) is -0.885. The number of aryl methyl sites for hydroxylation is 1. The minimum Gasteiger partial charge on any atom is -0.311 e. The second-order valence-electron chi connectivity index (χ2n) is 5.07. The molecule has 1 aliphatic rings. The van der Waals surface area contributed by atoms with Crippen molar-refractivity contribution in [2.24, 2.45) is 7.05 Å².